The van der Waals surface area contributed by atoms with Crippen LogP contribution in [0.2, 0.25) is 0 Å². The molecule has 0 aliphatic carbocycles. The maximum absolute atomic E-state index is 12.7. The molecule has 1 aliphatic heterocycles. The molecule has 27 heavy (non-hydrogen) atoms. The molecule has 0 bridgehead atoms. The zero-order chi connectivity index (χ0) is 18.6. The first-order valence-corrected chi connectivity index (χ1v) is 10.2. The smallest absolute Gasteiger partial charge is 0.234 e. The van der Waals surface area contributed by atoms with Gasteiger partial charge in [0.05, 0.1) is 5.92 Å². The fourth-order valence-corrected chi connectivity index (χ4v) is 4.59. The highest BCUT2D eigenvalue weighted by atomic mass is 32.2. The van der Waals surface area contributed by atoms with E-state index in [4.69, 9.17) is 0 Å². The van der Waals surface area contributed by atoms with Crippen molar-refractivity contribution in [3.05, 3.63) is 65.7 Å². The molecule has 1 aliphatic rings. The van der Waals surface area contributed by atoms with E-state index in [1.165, 1.54) is 16.9 Å². The van der Waals surface area contributed by atoms with Gasteiger partial charge in [-0.05, 0) is 17.2 Å². The number of para-hydroxylation sites is 1. The van der Waals surface area contributed by atoms with Crippen molar-refractivity contribution in [2.24, 2.45) is 0 Å². The SMILES string of the molecule is O=C1CC(C(=O)Nc2nnc(SCc3ccccc3)s2)c2ccccc2N1. The van der Waals surface area contributed by atoms with Gasteiger partial charge >= 0.3 is 0 Å². The largest absolute Gasteiger partial charge is 0.326 e. The standard InChI is InChI=1S/C19H16N4O2S2/c24-16-10-14(13-8-4-5-9-15(13)20-16)17(25)21-18-22-23-19(27-18)26-11-12-6-2-1-3-7-12/h1-9,14H,10-11H2,(H,20,24)(H,21,22,25). The number of nitrogens with zero attached hydrogens (tertiary/aromatic N) is 2. The van der Waals surface area contributed by atoms with Crippen molar-refractivity contribution in [2.45, 2.75) is 22.4 Å². The summed E-state index contributed by atoms with van der Waals surface area (Å²) in [4.78, 5) is 24.6. The molecule has 1 atom stereocenters. The first kappa shape index (κ1) is 17.7. The average molecular weight is 396 g/mol. The van der Waals surface area contributed by atoms with Crippen molar-refractivity contribution in [1.82, 2.24) is 10.2 Å². The van der Waals surface area contributed by atoms with Gasteiger partial charge in [-0.2, -0.15) is 0 Å². The molecule has 0 spiro atoms. The lowest BCUT2D eigenvalue weighted by Gasteiger charge is -2.24. The highest BCUT2D eigenvalue weighted by Crippen LogP contribution is 2.34. The number of aromatic nitrogens is 2. The Kier molecular flexibility index (Phi) is 5.17. The molecule has 1 unspecified atom stereocenters. The monoisotopic (exact) mass is 396 g/mol. The van der Waals surface area contributed by atoms with Crippen LogP contribution in [0.3, 0.4) is 0 Å². The number of rotatable bonds is 5. The Morgan fingerprint density at radius 2 is 1.93 bits per heavy atom. The molecule has 0 saturated heterocycles. The highest BCUT2D eigenvalue weighted by molar-refractivity contribution is 8.00. The van der Waals surface area contributed by atoms with Crippen molar-refractivity contribution in [3.63, 3.8) is 0 Å². The van der Waals surface area contributed by atoms with Crippen LogP contribution >= 0.6 is 23.1 Å². The third-order valence-corrected chi connectivity index (χ3v) is 6.20. The lowest BCUT2D eigenvalue weighted by atomic mass is 9.90. The minimum absolute atomic E-state index is 0.122. The summed E-state index contributed by atoms with van der Waals surface area (Å²) in [6.07, 6.45) is 0.122. The lowest BCUT2D eigenvalue weighted by Crippen LogP contribution is -2.30. The van der Waals surface area contributed by atoms with E-state index in [1.807, 2.05) is 36.4 Å². The summed E-state index contributed by atoms with van der Waals surface area (Å²) in [5.41, 5.74) is 2.70. The van der Waals surface area contributed by atoms with Crippen LogP contribution in [0.1, 0.15) is 23.5 Å². The summed E-state index contributed by atoms with van der Waals surface area (Å²) in [5, 5.41) is 14.2. The maximum atomic E-state index is 12.7. The van der Waals surface area contributed by atoms with E-state index in [2.05, 4.69) is 33.0 Å². The Hall–Kier alpha value is -2.71. The summed E-state index contributed by atoms with van der Waals surface area (Å²) >= 11 is 2.91. The van der Waals surface area contributed by atoms with Crippen LogP contribution in [0, 0.1) is 0 Å². The van der Waals surface area contributed by atoms with E-state index in [0.717, 1.165) is 15.7 Å². The number of hydrogen-bond donors (Lipinski definition) is 2. The molecule has 136 valence electrons. The molecule has 1 aromatic heterocycles. The maximum Gasteiger partial charge on any atom is 0.234 e. The van der Waals surface area contributed by atoms with Gasteiger partial charge in [0.2, 0.25) is 16.9 Å². The van der Waals surface area contributed by atoms with Crippen molar-refractivity contribution in [1.29, 1.82) is 0 Å². The van der Waals surface area contributed by atoms with Gasteiger partial charge in [-0.1, -0.05) is 71.6 Å². The van der Waals surface area contributed by atoms with Crippen molar-refractivity contribution in [2.75, 3.05) is 10.6 Å². The van der Waals surface area contributed by atoms with E-state index < -0.39 is 5.92 Å². The number of benzene rings is 2. The second kappa shape index (κ2) is 7.89. The van der Waals surface area contributed by atoms with Crippen molar-refractivity contribution < 1.29 is 9.59 Å². The number of nitrogens with one attached hydrogen (secondary N) is 2. The minimum atomic E-state index is -0.528. The second-order valence-corrected chi connectivity index (χ2v) is 8.23. The quantitative estimate of drug-likeness (QED) is 0.505. The summed E-state index contributed by atoms with van der Waals surface area (Å²) in [5.74, 6) is -0.142. The molecule has 2 amide bonds. The van der Waals surface area contributed by atoms with E-state index >= 15 is 0 Å². The Labute approximate surface area is 164 Å². The van der Waals surface area contributed by atoms with Gasteiger partial charge in [0.1, 0.15) is 0 Å². The van der Waals surface area contributed by atoms with Crippen molar-refractivity contribution in [3.8, 4) is 0 Å². The predicted octanol–water partition coefficient (Wildman–Crippen LogP) is 3.89. The number of fused-ring (bicyclic) bond motifs is 1. The molecule has 0 radical (unpaired) electrons. The zero-order valence-electron chi connectivity index (χ0n) is 14.2. The van der Waals surface area contributed by atoms with Gasteiger partial charge in [0.15, 0.2) is 4.34 Å². The zero-order valence-corrected chi connectivity index (χ0v) is 15.8. The van der Waals surface area contributed by atoms with Crippen LogP contribution in [0.25, 0.3) is 0 Å². The summed E-state index contributed by atoms with van der Waals surface area (Å²) in [6, 6.07) is 17.5. The van der Waals surface area contributed by atoms with Crippen molar-refractivity contribution >= 4 is 45.7 Å². The molecule has 8 heteroatoms. The van der Waals surface area contributed by atoms with Crippen LogP contribution in [-0.2, 0) is 15.3 Å². The Morgan fingerprint density at radius 3 is 2.78 bits per heavy atom. The Balaban J connectivity index is 1.42. The predicted molar refractivity (Wildman–Crippen MR) is 107 cm³/mol. The highest BCUT2D eigenvalue weighted by Gasteiger charge is 2.30. The first-order chi connectivity index (χ1) is 13.2. The lowest BCUT2D eigenvalue weighted by molar-refractivity contribution is -0.123. The molecule has 2 aromatic carbocycles. The number of amides is 2. The number of hydrogen-bond acceptors (Lipinski definition) is 6. The van der Waals surface area contributed by atoms with Crippen LogP contribution in [-0.4, -0.2) is 22.0 Å². The molecule has 0 fully saturated rings. The van der Waals surface area contributed by atoms with Gasteiger partial charge in [0, 0.05) is 17.9 Å². The number of carbonyl (C=O) groups excluding carboxylic acids is 2. The van der Waals surface area contributed by atoms with Gasteiger partial charge < -0.3 is 5.32 Å². The van der Waals surface area contributed by atoms with E-state index in [0.29, 0.717) is 10.8 Å². The molecule has 3 aromatic rings. The Bertz CT molecular complexity index is 975. The molecule has 0 saturated carbocycles. The molecule has 2 heterocycles. The van der Waals surface area contributed by atoms with Gasteiger partial charge in [-0.25, -0.2) is 0 Å². The topological polar surface area (TPSA) is 84.0 Å². The number of carbonyl (C=O) groups is 2. The number of thioether (sulfide) groups is 1. The van der Waals surface area contributed by atoms with Crippen LogP contribution in [0.4, 0.5) is 10.8 Å². The van der Waals surface area contributed by atoms with Gasteiger partial charge in [-0.3, -0.25) is 14.9 Å². The van der Waals surface area contributed by atoms with Gasteiger partial charge in [-0.15, -0.1) is 10.2 Å². The first-order valence-electron chi connectivity index (χ1n) is 8.39. The van der Waals surface area contributed by atoms with E-state index in [9.17, 15) is 9.59 Å². The summed E-state index contributed by atoms with van der Waals surface area (Å²) in [6.45, 7) is 0. The van der Waals surface area contributed by atoms with Gasteiger partial charge in [0.25, 0.3) is 0 Å². The van der Waals surface area contributed by atoms with Crippen LogP contribution in [0.15, 0.2) is 58.9 Å². The fourth-order valence-electron chi connectivity index (χ4n) is 2.88. The second-order valence-electron chi connectivity index (χ2n) is 6.03. The number of anilines is 2. The van der Waals surface area contributed by atoms with Crippen LogP contribution < -0.4 is 10.6 Å². The van der Waals surface area contributed by atoms with Crippen LogP contribution in [0.5, 0.6) is 0 Å². The van der Waals surface area contributed by atoms with E-state index in [1.54, 1.807) is 17.8 Å². The average Bonchev–Trinajstić information content (AvgIpc) is 3.13. The molecular formula is C19H16N4O2S2. The summed E-state index contributed by atoms with van der Waals surface area (Å²) < 4.78 is 0.788. The Morgan fingerprint density at radius 1 is 1.15 bits per heavy atom. The van der Waals surface area contributed by atoms with E-state index in [-0.39, 0.29) is 18.2 Å². The summed E-state index contributed by atoms with van der Waals surface area (Å²) in [7, 11) is 0. The normalized spacial score (nSPS) is 15.7. The molecule has 6 nitrogen and oxygen atoms in total. The fraction of sp³-hybridized carbons (Fsp3) is 0.158. The molecule has 2 N–H and O–H groups in total. The third-order valence-electron chi connectivity index (χ3n) is 4.16. The third kappa shape index (κ3) is 4.17. The molecular weight excluding hydrogens is 380 g/mol. The minimum Gasteiger partial charge on any atom is -0.326 e. The molecule has 4 rings (SSSR count).